The molecule has 0 spiro atoms. The number of fused-ring (bicyclic) bond motifs is 8. The maximum Gasteiger partial charge on any atom is 0.264 e. The highest BCUT2D eigenvalue weighted by molar-refractivity contribution is 7.33. The number of thiophene rings is 1. The van der Waals surface area contributed by atoms with Crippen LogP contribution in [0.25, 0.3) is 21.2 Å². The third-order valence-corrected chi connectivity index (χ3v) is 20.3. The summed E-state index contributed by atoms with van der Waals surface area (Å²) < 4.78 is 2.76. The molecule has 0 bridgehead atoms. The maximum atomic E-state index is 2.76. The van der Waals surface area contributed by atoms with Crippen LogP contribution in [0.4, 0.5) is 56.9 Å². The summed E-state index contributed by atoms with van der Waals surface area (Å²) >= 11 is 2.02. The molecule has 0 amide bonds. The summed E-state index contributed by atoms with van der Waals surface area (Å²) in [5.74, 6) is 0. The number of aryl methyl sites for hydroxylation is 1. The first-order valence-corrected chi connectivity index (χ1v) is 31.1. The summed E-state index contributed by atoms with van der Waals surface area (Å²) in [6, 6.07) is 60.1. The van der Waals surface area contributed by atoms with Crippen LogP contribution in [0.3, 0.4) is 0 Å². The van der Waals surface area contributed by atoms with Crippen molar-refractivity contribution in [3.8, 4) is 11.1 Å². The van der Waals surface area contributed by atoms with Crippen LogP contribution >= 0.6 is 11.3 Å². The van der Waals surface area contributed by atoms with Crippen LogP contribution in [-0.4, -0.2) is 19.8 Å². The Hall–Kier alpha value is -7.02. The second-order valence-electron chi connectivity index (χ2n) is 30.3. The Morgan fingerprint density at radius 3 is 1.70 bits per heavy atom. The van der Waals surface area contributed by atoms with Gasteiger partial charge in [-0.15, -0.1) is 11.3 Å². The molecule has 414 valence electrons. The van der Waals surface area contributed by atoms with Gasteiger partial charge in [-0.05, 0) is 181 Å². The van der Waals surface area contributed by atoms with E-state index in [0.29, 0.717) is 0 Å². The third kappa shape index (κ3) is 8.26. The second kappa shape index (κ2) is 17.8. The van der Waals surface area contributed by atoms with Crippen LogP contribution in [0, 0.1) is 17.8 Å². The van der Waals surface area contributed by atoms with E-state index in [0.717, 1.165) is 31.6 Å². The molecule has 0 saturated carbocycles. The molecule has 5 aliphatic heterocycles. The fourth-order valence-electron chi connectivity index (χ4n) is 15.2. The lowest BCUT2D eigenvalue weighted by molar-refractivity contribution is 0.289. The fourth-order valence-corrected chi connectivity index (χ4v) is 16.5. The molecule has 6 heteroatoms. The van der Waals surface area contributed by atoms with E-state index in [1.54, 1.807) is 0 Å². The van der Waals surface area contributed by atoms with Crippen molar-refractivity contribution in [1.82, 2.24) is 0 Å². The van der Waals surface area contributed by atoms with Crippen molar-refractivity contribution in [1.29, 1.82) is 0 Å². The Morgan fingerprint density at radius 1 is 0.463 bits per heavy atom. The standard InChI is InChI=1S/C76H81BN4S/c1-46-34-64-67-65(35-46)81(60-32-30-51(72(5,6)7)38-55(60)47-26-28-50(29-27-47)71(2,3)4)63-41-62-58(76(15,16)57-24-20-21-25-61(57)79(62)53-22-18-17-19-23-53)40-59(63)77(67)70-69(56-39-52(73(8,9)10)31-33-66(56)82-70)80(64)54-36-48-42-74(11,12)44-78-45-75(13,14)43-49(37-54)68(48)78/h17-41H,42-45H2,1-16H3. The summed E-state index contributed by atoms with van der Waals surface area (Å²) in [6.45, 7) is 40.4. The number of rotatable bonds is 4. The van der Waals surface area contributed by atoms with Gasteiger partial charge in [0.15, 0.2) is 0 Å². The number of hydrogen-bond donors (Lipinski definition) is 0. The second-order valence-corrected chi connectivity index (χ2v) is 31.4. The monoisotopic (exact) mass is 1090 g/mol. The molecule has 4 nitrogen and oxygen atoms in total. The summed E-state index contributed by atoms with van der Waals surface area (Å²) in [5, 5.41) is 1.35. The van der Waals surface area contributed by atoms with Crippen molar-refractivity contribution in [2.45, 2.75) is 145 Å². The first-order valence-electron chi connectivity index (χ1n) is 30.3. The smallest absolute Gasteiger partial charge is 0.264 e. The van der Waals surface area contributed by atoms with Crippen molar-refractivity contribution < 1.29 is 0 Å². The molecule has 0 atom stereocenters. The van der Waals surface area contributed by atoms with Crippen LogP contribution in [-0.2, 0) is 34.5 Å². The van der Waals surface area contributed by atoms with Crippen molar-refractivity contribution in [2.24, 2.45) is 10.8 Å². The average molecular weight is 1090 g/mol. The van der Waals surface area contributed by atoms with E-state index in [1.807, 2.05) is 11.3 Å². The van der Waals surface area contributed by atoms with E-state index in [2.05, 4.69) is 282 Å². The molecular weight excluding hydrogens is 1010 g/mol. The Labute approximate surface area is 493 Å². The summed E-state index contributed by atoms with van der Waals surface area (Å²) in [7, 11) is 0. The highest BCUT2D eigenvalue weighted by Crippen LogP contribution is 2.57. The molecule has 0 radical (unpaired) electrons. The van der Waals surface area contributed by atoms with Gasteiger partial charge in [-0.3, -0.25) is 0 Å². The molecule has 0 aliphatic carbocycles. The first-order chi connectivity index (χ1) is 38.6. The van der Waals surface area contributed by atoms with Gasteiger partial charge < -0.3 is 19.6 Å². The minimum absolute atomic E-state index is 0.0272. The van der Waals surface area contributed by atoms with Gasteiger partial charge >= 0.3 is 0 Å². The molecule has 5 aliphatic rings. The minimum atomic E-state index is -0.312. The predicted molar refractivity (Wildman–Crippen MR) is 356 cm³/mol. The maximum absolute atomic E-state index is 2.76. The zero-order chi connectivity index (χ0) is 57.5. The number of benzene rings is 8. The van der Waals surface area contributed by atoms with Crippen molar-refractivity contribution in [2.75, 3.05) is 32.7 Å². The Bertz CT molecular complexity index is 4080. The molecule has 14 rings (SSSR count). The number of anilines is 10. The number of nitrogens with zero attached hydrogens (tertiary/aromatic N) is 4. The van der Waals surface area contributed by atoms with E-state index in [-0.39, 0.29) is 39.2 Å². The molecule has 0 N–H and O–H groups in total. The Morgan fingerprint density at radius 2 is 1.05 bits per heavy atom. The Balaban J connectivity index is 1.12. The SMILES string of the molecule is Cc1cc2c3c(c1)N(c1cc4c5c(c1)CC(C)(C)CN5CC(C)(C)C4)c1c(sc4ccc(C(C)(C)C)cc14)B3c1cc3c(cc1N2c1ccc(C(C)(C)C)cc1-c1ccc(C(C)(C)C)cc1)N(c1ccccc1)c1ccccc1C3(C)C. The first kappa shape index (κ1) is 53.0. The van der Waals surface area contributed by atoms with Gasteiger partial charge in [-0.25, -0.2) is 0 Å². The van der Waals surface area contributed by atoms with Gasteiger partial charge in [-0.2, -0.15) is 0 Å². The van der Waals surface area contributed by atoms with E-state index < -0.39 is 0 Å². The van der Waals surface area contributed by atoms with Crippen LogP contribution in [0.2, 0.25) is 0 Å². The molecular formula is C76H81BN4S. The largest absolute Gasteiger partial charge is 0.370 e. The van der Waals surface area contributed by atoms with Crippen LogP contribution in [0.1, 0.15) is 148 Å². The average Bonchev–Trinajstić information content (AvgIpc) is 2.55. The highest BCUT2D eigenvalue weighted by Gasteiger charge is 2.49. The summed E-state index contributed by atoms with van der Waals surface area (Å²) in [6.07, 6.45) is 2.12. The lowest BCUT2D eigenvalue weighted by atomic mass is 9.36. The van der Waals surface area contributed by atoms with Crippen LogP contribution in [0.5, 0.6) is 0 Å². The highest BCUT2D eigenvalue weighted by atomic mass is 32.1. The Kier molecular flexibility index (Phi) is 11.5. The topological polar surface area (TPSA) is 13.0 Å². The van der Waals surface area contributed by atoms with E-state index in [1.165, 1.54) is 133 Å². The van der Waals surface area contributed by atoms with Crippen molar-refractivity contribution >= 4 is 101 Å². The number of para-hydroxylation sites is 2. The zero-order valence-corrected chi connectivity index (χ0v) is 52.4. The fraction of sp³-hybridized carbons (Fsp3) is 0.342. The van der Waals surface area contributed by atoms with Gasteiger partial charge in [0.05, 0.1) is 22.7 Å². The predicted octanol–water partition coefficient (Wildman–Crippen LogP) is 18.9. The molecule has 0 unspecified atom stereocenters. The lowest BCUT2D eigenvalue weighted by Crippen LogP contribution is -2.61. The molecule has 1 aromatic heterocycles. The van der Waals surface area contributed by atoms with E-state index >= 15 is 0 Å². The number of hydrogen-bond acceptors (Lipinski definition) is 5. The molecule has 82 heavy (non-hydrogen) atoms. The van der Waals surface area contributed by atoms with Crippen LogP contribution in [0.15, 0.2) is 152 Å². The summed E-state index contributed by atoms with van der Waals surface area (Å²) in [4.78, 5) is 10.8. The molecule has 9 aromatic rings. The lowest BCUT2D eigenvalue weighted by Gasteiger charge is -2.49. The van der Waals surface area contributed by atoms with Gasteiger partial charge in [0, 0.05) is 73.1 Å². The van der Waals surface area contributed by atoms with Gasteiger partial charge in [0.25, 0.3) is 6.71 Å². The third-order valence-electron chi connectivity index (χ3n) is 19.1. The van der Waals surface area contributed by atoms with Gasteiger partial charge in [0.1, 0.15) is 0 Å². The summed E-state index contributed by atoms with van der Waals surface area (Å²) in [5.41, 5.74) is 28.7. The minimum Gasteiger partial charge on any atom is -0.370 e. The zero-order valence-electron chi connectivity index (χ0n) is 51.5. The normalized spacial score (nSPS) is 17.2. The molecule has 0 saturated heterocycles. The quantitative estimate of drug-likeness (QED) is 0.163. The van der Waals surface area contributed by atoms with Crippen molar-refractivity contribution in [3.63, 3.8) is 0 Å². The van der Waals surface area contributed by atoms with Gasteiger partial charge in [0.2, 0.25) is 0 Å². The molecule has 0 fully saturated rings. The molecule has 6 heterocycles. The van der Waals surface area contributed by atoms with Gasteiger partial charge in [-0.1, -0.05) is 183 Å². The van der Waals surface area contributed by atoms with Crippen molar-refractivity contribution in [3.05, 3.63) is 196 Å². The van der Waals surface area contributed by atoms with E-state index in [9.17, 15) is 0 Å². The van der Waals surface area contributed by atoms with Crippen LogP contribution < -0.4 is 35.3 Å². The van der Waals surface area contributed by atoms with E-state index in [4.69, 9.17) is 0 Å². The molecule has 8 aromatic carbocycles.